The van der Waals surface area contributed by atoms with Gasteiger partial charge in [0.15, 0.2) is 0 Å². The minimum Gasteiger partial charge on any atom is -0.480 e. The molecule has 0 saturated heterocycles. The van der Waals surface area contributed by atoms with Crippen molar-refractivity contribution < 1.29 is 62.1 Å². The number of aliphatic hydroxyl groups is 1. The minimum atomic E-state index is -1.51. The number of hydrogen-bond donors (Lipinski definition) is 8. The molecule has 0 aliphatic carbocycles. The third-order valence-electron chi connectivity index (χ3n) is 12.5. The van der Waals surface area contributed by atoms with Crippen LogP contribution in [0.2, 0.25) is 0 Å². The lowest BCUT2D eigenvalue weighted by atomic mass is 9.82. The Labute approximate surface area is 435 Å². The monoisotopic (exact) mass is 1050 g/mol. The van der Waals surface area contributed by atoms with Crippen LogP contribution in [0, 0.1) is 23.0 Å². The molecule has 0 saturated carbocycles. The topological polar surface area (TPSA) is 292 Å². The number of aliphatic hydroxyl groups excluding tert-OH is 1. The third kappa shape index (κ3) is 18.2. The first-order valence-electron chi connectivity index (χ1n) is 25.0. The Kier molecular flexibility index (Phi) is 22.8. The standard InChI is InChI=1S/C53H71F2N9O11/c1-32(2)47(61-43(67)15-11-8-12-25-63-44(68)20-21-45(63)69)51(73)59-33(3)49(71)60-40(52(74)75)18-19-42(66)57-23-24-58-50(72)39(56)22-26-64(46(70)31-65)48(53(4,5)6)41-27-35(37-28-36(54)16-17-38(37)55)30-62(41)29-34-13-9-7-10-14-34/h7,9-10,13-14,16-17,20-21,27-28,30,32-33,39-40,47-48,65H,8,11-12,15,18-19,22-26,29,31,56H2,1-6H3,(H,57,66)(H,58,72)(H,59,73)(H,60,71)(H,61,67)(H,74,75)/t33-,39-,40-,47?,48-/m0/s1. The molecule has 4 rings (SSSR count). The SMILES string of the molecule is CC(C)C(NC(=O)CCCCCN1C(=O)C=CC1=O)C(=O)N[C@@H](C)C(=O)N[C@@H](CCC(=O)NCCNC(=O)[C@@H](N)CCN(C(=O)CO)[C@@H](c1cc(-c2cc(F)ccc2F)cn1Cc1ccccc1)C(C)(C)C)C(=O)O. The summed E-state index contributed by atoms with van der Waals surface area (Å²) in [4.78, 5) is 116. The van der Waals surface area contributed by atoms with Gasteiger partial charge in [-0.3, -0.25) is 43.3 Å². The Morgan fingerprint density at radius 1 is 0.773 bits per heavy atom. The number of aromatic nitrogens is 1. The van der Waals surface area contributed by atoms with Crippen molar-refractivity contribution in [1.29, 1.82) is 0 Å². The van der Waals surface area contributed by atoms with Gasteiger partial charge in [-0.25, -0.2) is 13.6 Å². The van der Waals surface area contributed by atoms with Crippen LogP contribution in [-0.4, -0.2) is 135 Å². The van der Waals surface area contributed by atoms with E-state index in [0.717, 1.165) is 28.7 Å². The first-order chi connectivity index (χ1) is 35.4. The van der Waals surface area contributed by atoms with Crippen LogP contribution in [0.4, 0.5) is 8.78 Å². The molecular formula is C53H71F2N9O11. The van der Waals surface area contributed by atoms with Crippen LogP contribution >= 0.6 is 0 Å². The van der Waals surface area contributed by atoms with E-state index >= 15 is 4.39 Å². The average Bonchev–Trinajstić information content (AvgIpc) is 3.91. The molecule has 75 heavy (non-hydrogen) atoms. The van der Waals surface area contributed by atoms with E-state index in [2.05, 4.69) is 26.6 Å². The number of carboxylic acids is 1. The lowest BCUT2D eigenvalue weighted by Crippen LogP contribution is -2.56. The molecule has 0 bridgehead atoms. The van der Waals surface area contributed by atoms with Crippen molar-refractivity contribution >= 4 is 53.2 Å². The number of carbonyl (C=O) groups is 9. The number of halogens is 2. The second kappa shape index (κ2) is 28.4. The molecule has 9 N–H and O–H groups in total. The average molecular weight is 1050 g/mol. The summed E-state index contributed by atoms with van der Waals surface area (Å²) in [5, 5.41) is 32.6. The van der Waals surface area contributed by atoms with Gasteiger partial charge in [0.25, 0.3) is 11.8 Å². The lowest BCUT2D eigenvalue weighted by molar-refractivity contribution is -0.142. The number of rotatable bonds is 29. The zero-order chi connectivity index (χ0) is 55.6. The molecule has 0 radical (unpaired) electrons. The molecule has 3 aromatic rings. The molecule has 1 aromatic heterocycles. The number of hydrogen-bond acceptors (Lipinski definition) is 11. The van der Waals surface area contributed by atoms with Gasteiger partial charge in [0, 0.05) is 80.7 Å². The smallest absolute Gasteiger partial charge is 0.326 e. The Hall–Kier alpha value is -7.33. The Balaban J connectivity index is 1.25. The molecule has 2 heterocycles. The molecule has 1 aliphatic rings. The summed E-state index contributed by atoms with van der Waals surface area (Å²) in [7, 11) is 0. The number of imide groups is 1. The van der Waals surface area contributed by atoms with Crippen molar-refractivity contribution in [2.45, 2.75) is 123 Å². The number of benzene rings is 2. The van der Waals surface area contributed by atoms with Crippen molar-refractivity contribution in [3.63, 3.8) is 0 Å². The van der Waals surface area contributed by atoms with E-state index < -0.39 is 95.3 Å². The van der Waals surface area contributed by atoms with Crippen LogP contribution in [-0.2, 0) is 49.7 Å². The molecule has 20 nitrogen and oxygen atoms in total. The number of unbranched alkanes of at least 4 members (excludes halogenated alkanes) is 2. The maximum Gasteiger partial charge on any atom is 0.326 e. The second-order valence-electron chi connectivity index (χ2n) is 19.9. The summed E-state index contributed by atoms with van der Waals surface area (Å²) in [5.74, 6) is -7.67. The van der Waals surface area contributed by atoms with Gasteiger partial charge in [-0.1, -0.05) is 71.4 Å². The maximum absolute atomic E-state index is 15.1. The second-order valence-corrected chi connectivity index (χ2v) is 19.9. The highest BCUT2D eigenvalue weighted by molar-refractivity contribution is 6.12. The number of aliphatic carboxylic acids is 1. The van der Waals surface area contributed by atoms with E-state index in [-0.39, 0.29) is 75.2 Å². The molecule has 0 spiro atoms. The first-order valence-corrected chi connectivity index (χ1v) is 25.0. The molecular weight excluding hydrogens is 977 g/mol. The van der Waals surface area contributed by atoms with Gasteiger partial charge in [-0.2, -0.15) is 0 Å². The molecule has 5 atom stereocenters. The highest BCUT2D eigenvalue weighted by atomic mass is 19.1. The van der Waals surface area contributed by atoms with Gasteiger partial charge in [-0.05, 0) is 73.8 Å². The van der Waals surface area contributed by atoms with Crippen molar-refractivity contribution in [2.24, 2.45) is 17.1 Å². The van der Waals surface area contributed by atoms with Gasteiger partial charge >= 0.3 is 5.97 Å². The zero-order valence-electron chi connectivity index (χ0n) is 43.3. The number of amides is 8. The number of carbonyl (C=O) groups excluding carboxylic acids is 8. The molecule has 22 heteroatoms. The molecule has 8 amide bonds. The Morgan fingerprint density at radius 2 is 1.44 bits per heavy atom. The van der Waals surface area contributed by atoms with Crippen LogP contribution in [0.5, 0.6) is 0 Å². The van der Waals surface area contributed by atoms with Crippen molar-refractivity contribution in [1.82, 2.24) is 41.0 Å². The summed E-state index contributed by atoms with van der Waals surface area (Å²) in [6, 6.07) is 8.54. The fourth-order valence-corrected chi connectivity index (χ4v) is 8.48. The van der Waals surface area contributed by atoms with Gasteiger partial charge in [-0.15, -0.1) is 0 Å². The largest absolute Gasteiger partial charge is 0.480 e. The third-order valence-corrected chi connectivity index (χ3v) is 12.5. The van der Waals surface area contributed by atoms with Gasteiger partial charge in [0.05, 0.1) is 12.1 Å². The summed E-state index contributed by atoms with van der Waals surface area (Å²) in [6.07, 6.45) is 4.90. The van der Waals surface area contributed by atoms with E-state index in [1.165, 1.54) is 24.0 Å². The van der Waals surface area contributed by atoms with E-state index in [1.807, 2.05) is 55.7 Å². The number of nitrogens with zero attached hydrogens (tertiary/aromatic N) is 3. The fraction of sp³-hybridized carbons (Fsp3) is 0.491. The molecule has 0 fully saturated rings. The van der Waals surface area contributed by atoms with Crippen molar-refractivity contribution in [2.75, 3.05) is 32.8 Å². The zero-order valence-corrected chi connectivity index (χ0v) is 43.3. The van der Waals surface area contributed by atoms with Gasteiger partial charge in [0.2, 0.25) is 35.4 Å². The highest BCUT2D eigenvalue weighted by Gasteiger charge is 2.38. The summed E-state index contributed by atoms with van der Waals surface area (Å²) >= 11 is 0. The predicted molar refractivity (Wildman–Crippen MR) is 272 cm³/mol. The first kappa shape index (κ1) is 60.2. The molecule has 408 valence electrons. The normalized spacial score (nSPS) is 14.4. The molecule has 1 aliphatic heterocycles. The Morgan fingerprint density at radius 3 is 2.07 bits per heavy atom. The quantitative estimate of drug-likeness (QED) is 0.0368. The van der Waals surface area contributed by atoms with Crippen molar-refractivity contribution in [3.8, 4) is 11.1 Å². The summed E-state index contributed by atoms with van der Waals surface area (Å²) in [5.41, 5.74) is 7.42. The van der Waals surface area contributed by atoms with Crippen LogP contribution < -0.4 is 32.3 Å². The van der Waals surface area contributed by atoms with Gasteiger partial charge in [0.1, 0.15) is 36.4 Å². The van der Waals surface area contributed by atoms with Crippen LogP contribution in [0.3, 0.4) is 0 Å². The van der Waals surface area contributed by atoms with Gasteiger partial charge < -0.3 is 52.0 Å². The van der Waals surface area contributed by atoms with Crippen LogP contribution in [0.25, 0.3) is 11.1 Å². The minimum absolute atomic E-state index is 0.0186. The van der Waals surface area contributed by atoms with Crippen LogP contribution in [0.1, 0.15) is 104 Å². The molecule has 1 unspecified atom stereocenters. The van der Waals surface area contributed by atoms with Crippen molar-refractivity contribution in [3.05, 3.63) is 95.8 Å². The molecule has 2 aromatic carbocycles. The van der Waals surface area contributed by atoms with E-state index in [9.17, 15) is 57.8 Å². The van der Waals surface area contributed by atoms with E-state index in [0.29, 0.717) is 37.1 Å². The predicted octanol–water partition coefficient (Wildman–Crippen LogP) is 2.82. The van der Waals surface area contributed by atoms with E-state index in [1.54, 1.807) is 26.1 Å². The maximum atomic E-state index is 15.1. The number of nitrogens with one attached hydrogen (secondary N) is 5. The fourth-order valence-electron chi connectivity index (χ4n) is 8.48. The summed E-state index contributed by atoms with van der Waals surface area (Å²) in [6.45, 7) is 9.79. The summed E-state index contributed by atoms with van der Waals surface area (Å²) < 4.78 is 31.4. The highest BCUT2D eigenvalue weighted by Crippen LogP contribution is 2.41. The Bertz CT molecular complexity index is 2530. The lowest BCUT2D eigenvalue weighted by Gasteiger charge is -2.41. The van der Waals surface area contributed by atoms with Crippen LogP contribution in [0.15, 0.2) is 72.9 Å². The number of nitrogens with two attached hydrogens (primary N) is 1. The number of carboxylic acid groups (broad SMARTS) is 1. The van der Waals surface area contributed by atoms with E-state index in [4.69, 9.17) is 5.73 Å².